The lowest BCUT2D eigenvalue weighted by molar-refractivity contribution is -0.112. The monoisotopic (exact) mass is 321 g/mol. The van der Waals surface area contributed by atoms with Gasteiger partial charge in [-0.1, -0.05) is 30.3 Å². The van der Waals surface area contributed by atoms with Gasteiger partial charge in [0.15, 0.2) is 0 Å². The number of carboxylic acids is 1. The molecule has 0 unspecified atom stereocenters. The zero-order chi connectivity index (χ0) is 17.4. The molecule has 6 nitrogen and oxygen atoms in total. The number of carbonyl (C=O) groups is 2. The Morgan fingerprint density at radius 3 is 2.33 bits per heavy atom. The average molecular weight is 321 g/mol. The predicted molar refractivity (Wildman–Crippen MR) is 89.0 cm³/mol. The van der Waals surface area contributed by atoms with Crippen molar-refractivity contribution in [3.63, 3.8) is 0 Å². The molecule has 0 aliphatic carbocycles. The van der Waals surface area contributed by atoms with Crippen LogP contribution in [-0.2, 0) is 11.3 Å². The van der Waals surface area contributed by atoms with Crippen molar-refractivity contribution in [2.75, 3.05) is 5.32 Å². The lowest BCUT2D eigenvalue weighted by Crippen LogP contribution is -2.16. The molecule has 0 spiro atoms. The highest BCUT2D eigenvalue weighted by Gasteiger charge is 2.10. The first-order chi connectivity index (χ1) is 11.6. The van der Waals surface area contributed by atoms with Crippen molar-refractivity contribution in [2.24, 2.45) is 0 Å². The number of hydrogen-bond donors (Lipinski definition) is 3. The fourth-order valence-electron chi connectivity index (χ4n) is 1.91. The van der Waals surface area contributed by atoms with Gasteiger partial charge in [0.1, 0.15) is 11.6 Å². The van der Waals surface area contributed by atoms with Crippen LogP contribution in [0.3, 0.4) is 0 Å². The molecule has 0 bridgehead atoms. The molecule has 2 rings (SSSR count). The van der Waals surface area contributed by atoms with Crippen LogP contribution in [0.15, 0.2) is 66.4 Å². The van der Waals surface area contributed by atoms with Crippen molar-refractivity contribution in [1.29, 1.82) is 5.26 Å². The van der Waals surface area contributed by atoms with E-state index in [9.17, 15) is 9.59 Å². The van der Waals surface area contributed by atoms with Gasteiger partial charge in [-0.3, -0.25) is 4.79 Å². The van der Waals surface area contributed by atoms with Gasteiger partial charge in [-0.15, -0.1) is 0 Å². The van der Waals surface area contributed by atoms with Crippen molar-refractivity contribution in [1.82, 2.24) is 5.32 Å². The van der Waals surface area contributed by atoms with Gasteiger partial charge in [0.25, 0.3) is 5.91 Å². The number of hydrogen-bond acceptors (Lipinski definition) is 4. The molecule has 2 aromatic carbocycles. The maximum Gasteiger partial charge on any atom is 0.335 e. The minimum Gasteiger partial charge on any atom is -0.478 e. The van der Waals surface area contributed by atoms with Gasteiger partial charge in [0.2, 0.25) is 0 Å². The lowest BCUT2D eigenvalue weighted by atomic mass is 10.2. The summed E-state index contributed by atoms with van der Waals surface area (Å²) in [6, 6.07) is 17.1. The van der Waals surface area contributed by atoms with Gasteiger partial charge in [-0.2, -0.15) is 5.26 Å². The first-order valence-corrected chi connectivity index (χ1v) is 7.12. The molecule has 0 aromatic heterocycles. The van der Waals surface area contributed by atoms with E-state index in [-0.39, 0.29) is 11.1 Å². The fraction of sp³-hybridized carbons (Fsp3) is 0.0556. The number of anilines is 1. The number of nitrogens with one attached hydrogen (secondary N) is 2. The molecular formula is C18H15N3O3. The van der Waals surface area contributed by atoms with Crippen LogP contribution in [0.5, 0.6) is 0 Å². The third kappa shape index (κ3) is 4.71. The third-order valence-electron chi connectivity index (χ3n) is 3.15. The van der Waals surface area contributed by atoms with E-state index in [0.717, 1.165) is 5.56 Å². The number of carboxylic acid groups (broad SMARTS) is 1. The molecule has 0 saturated carbocycles. The summed E-state index contributed by atoms with van der Waals surface area (Å²) in [5, 5.41) is 23.4. The van der Waals surface area contributed by atoms with Crippen LogP contribution in [0.4, 0.5) is 5.69 Å². The van der Waals surface area contributed by atoms with E-state index < -0.39 is 11.9 Å². The molecule has 0 heterocycles. The minimum absolute atomic E-state index is 0.0757. The van der Waals surface area contributed by atoms with Crippen LogP contribution in [0.2, 0.25) is 0 Å². The second-order valence-corrected chi connectivity index (χ2v) is 4.87. The molecule has 2 aromatic rings. The second-order valence-electron chi connectivity index (χ2n) is 4.87. The Kier molecular flexibility index (Phi) is 5.70. The lowest BCUT2D eigenvalue weighted by Gasteiger charge is -2.06. The van der Waals surface area contributed by atoms with Crippen molar-refractivity contribution < 1.29 is 14.7 Å². The predicted octanol–water partition coefficient (Wildman–Crippen LogP) is 2.52. The standard InChI is InChI=1S/C18H15N3O3/c19-10-15(12-20-11-13-4-2-1-3-5-13)17(22)21-16-8-6-14(7-9-16)18(23)24/h1-9,12,20H,11H2,(H,21,22)(H,23,24)/b15-12-. The van der Waals surface area contributed by atoms with Crippen LogP contribution < -0.4 is 10.6 Å². The number of amides is 1. The smallest absolute Gasteiger partial charge is 0.335 e. The zero-order valence-electron chi connectivity index (χ0n) is 12.7. The number of rotatable bonds is 6. The molecule has 1 amide bonds. The molecule has 0 aliphatic heterocycles. The Balaban J connectivity index is 1.96. The summed E-state index contributed by atoms with van der Waals surface area (Å²) in [4.78, 5) is 22.8. The van der Waals surface area contributed by atoms with Crippen molar-refractivity contribution in [3.8, 4) is 6.07 Å². The normalized spacial score (nSPS) is 10.5. The molecule has 0 radical (unpaired) electrons. The van der Waals surface area contributed by atoms with E-state index >= 15 is 0 Å². The van der Waals surface area contributed by atoms with E-state index in [0.29, 0.717) is 12.2 Å². The van der Waals surface area contributed by atoms with Gasteiger partial charge in [0.05, 0.1) is 5.56 Å². The van der Waals surface area contributed by atoms with Crippen molar-refractivity contribution >= 4 is 17.6 Å². The van der Waals surface area contributed by atoms with Gasteiger partial charge in [0, 0.05) is 18.4 Å². The van der Waals surface area contributed by atoms with Crippen molar-refractivity contribution in [2.45, 2.75) is 6.54 Å². The summed E-state index contributed by atoms with van der Waals surface area (Å²) in [6.07, 6.45) is 1.36. The highest BCUT2D eigenvalue weighted by Crippen LogP contribution is 2.10. The molecule has 120 valence electrons. The fourth-order valence-corrected chi connectivity index (χ4v) is 1.91. The van der Waals surface area contributed by atoms with E-state index in [2.05, 4.69) is 10.6 Å². The maximum atomic E-state index is 12.0. The maximum absolute atomic E-state index is 12.0. The number of nitrogens with zero attached hydrogens (tertiary/aromatic N) is 1. The molecule has 24 heavy (non-hydrogen) atoms. The summed E-state index contributed by atoms with van der Waals surface area (Å²) in [5.41, 5.74) is 1.48. The molecule has 0 aliphatic rings. The highest BCUT2D eigenvalue weighted by molar-refractivity contribution is 6.06. The Labute approximate surface area is 139 Å². The molecule has 0 fully saturated rings. The Bertz CT molecular complexity index is 791. The minimum atomic E-state index is -1.05. The largest absolute Gasteiger partial charge is 0.478 e. The Morgan fingerprint density at radius 1 is 1.08 bits per heavy atom. The topological polar surface area (TPSA) is 102 Å². The van der Waals surface area contributed by atoms with Crippen LogP contribution in [0.25, 0.3) is 0 Å². The summed E-state index contributed by atoms with van der Waals surface area (Å²) in [5.74, 6) is -1.61. The summed E-state index contributed by atoms with van der Waals surface area (Å²) in [7, 11) is 0. The number of benzene rings is 2. The summed E-state index contributed by atoms with van der Waals surface area (Å²) in [6.45, 7) is 0.493. The van der Waals surface area contributed by atoms with E-state index in [1.165, 1.54) is 30.5 Å². The molecule has 0 saturated heterocycles. The zero-order valence-corrected chi connectivity index (χ0v) is 12.7. The first-order valence-electron chi connectivity index (χ1n) is 7.12. The number of carbonyl (C=O) groups excluding carboxylic acids is 1. The van der Waals surface area contributed by atoms with Gasteiger partial charge < -0.3 is 15.7 Å². The summed E-state index contributed by atoms with van der Waals surface area (Å²) < 4.78 is 0. The molecular weight excluding hydrogens is 306 g/mol. The summed E-state index contributed by atoms with van der Waals surface area (Å²) >= 11 is 0. The first kappa shape index (κ1) is 16.8. The number of aromatic carboxylic acids is 1. The van der Waals surface area contributed by atoms with E-state index in [1.807, 2.05) is 36.4 Å². The quantitative estimate of drug-likeness (QED) is 0.560. The second kappa shape index (κ2) is 8.15. The molecule has 6 heteroatoms. The Morgan fingerprint density at radius 2 is 1.75 bits per heavy atom. The van der Waals surface area contributed by atoms with E-state index in [4.69, 9.17) is 10.4 Å². The van der Waals surface area contributed by atoms with Gasteiger partial charge in [-0.25, -0.2) is 4.79 Å². The Hall–Kier alpha value is -3.59. The van der Waals surface area contributed by atoms with Crippen LogP contribution >= 0.6 is 0 Å². The van der Waals surface area contributed by atoms with Gasteiger partial charge in [-0.05, 0) is 29.8 Å². The van der Waals surface area contributed by atoms with Crippen LogP contribution in [0.1, 0.15) is 15.9 Å². The molecule has 0 atom stereocenters. The average Bonchev–Trinajstić information content (AvgIpc) is 2.60. The highest BCUT2D eigenvalue weighted by atomic mass is 16.4. The van der Waals surface area contributed by atoms with Crippen molar-refractivity contribution in [3.05, 3.63) is 77.5 Å². The third-order valence-corrected chi connectivity index (χ3v) is 3.15. The molecule has 3 N–H and O–H groups in total. The van der Waals surface area contributed by atoms with Gasteiger partial charge >= 0.3 is 5.97 Å². The SMILES string of the molecule is N#C/C(=C/NCc1ccccc1)C(=O)Nc1ccc(C(=O)O)cc1. The van der Waals surface area contributed by atoms with Crippen LogP contribution in [0, 0.1) is 11.3 Å². The van der Waals surface area contributed by atoms with Crippen LogP contribution in [-0.4, -0.2) is 17.0 Å². The van der Waals surface area contributed by atoms with E-state index in [1.54, 1.807) is 0 Å². The number of nitriles is 1.